The summed E-state index contributed by atoms with van der Waals surface area (Å²) in [7, 11) is -3.21. The molecule has 22 heavy (non-hydrogen) atoms. The van der Waals surface area contributed by atoms with Crippen LogP contribution >= 0.6 is 11.6 Å². The van der Waals surface area contributed by atoms with Crippen molar-refractivity contribution in [2.24, 2.45) is 0 Å². The van der Waals surface area contributed by atoms with Gasteiger partial charge in [-0.15, -0.1) is 0 Å². The molecule has 1 rings (SSSR count). The van der Waals surface area contributed by atoms with Gasteiger partial charge in [-0.05, 0) is 31.0 Å². The minimum Gasteiger partial charge on any atom is -0.375 e. The minimum absolute atomic E-state index is 0.0134. The maximum atomic E-state index is 12.4. The number of benzene rings is 1. The van der Waals surface area contributed by atoms with Crippen molar-refractivity contribution in [3.63, 3.8) is 0 Å². The fourth-order valence-corrected chi connectivity index (χ4v) is 3.40. The molecule has 0 saturated carbocycles. The summed E-state index contributed by atoms with van der Waals surface area (Å²) < 4.78 is 23.2. The third-order valence-corrected chi connectivity index (χ3v) is 5.63. The predicted octanol–water partition coefficient (Wildman–Crippen LogP) is 1.88. The Morgan fingerprint density at radius 2 is 2.05 bits per heavy atom. The number of carbonyl (C=O) groups is 1. The molecule has 0 radical (unpaired) electrons. The van der Waals surface area contributed by atoms with E-state index >= 15 is 0 Å². The molecule has 0 aliphatic rings. The first-order valence-electron chi connectivity index (χ1n) is 7.14. The van der Waals surface area contributed by atoms with E-state index in [0.717, 1.165) is 0 Å². The van der Waals surface area contributed by atoms with Crippen molar-refractivity contribution in [1.29, 1.82) is 0 Å². The molecular formula is C15H22ClNO4S. The van der Waals surface area contributed by atoms with Gasteiger partial charge in [0.15, 0.2) is 15.4 Å². The van der Waals surface area contributed by atoms with Gasteiger partial charge in [0.25, 0.3) is 5.91 Å². The quantitative estimate of drug-likeness (QED) is 0.788. The lowest BCUT2D eigenvalue weighted by atomic mass is 9.90. The Morgan fingerprint density at radius 1 is 1.41 bits per heavy atom. The zero-order valence-electron chi connectivity index (χ0n) is 13.0. The smallest absolute Gasteiger partial charge is 0.256 e. The molecule has 2 unspecified atom stereocenters. The van der Waals surface area contributed by atoms with E-state index < -0.39 is 27.4 Å². The summed E-state index contributed by atoms with van der Waals surface area (Å²) in [4.78, 5) is 12.4. The zero-order valence-corrected chi connectivity index (χ0v) is 14.5. The Kier molecular flexibility index (Phi) is 6.40. The lowest BCUT2D eigenvalue weighted by Crippen LogP contribution is -2.49. The lowest BCUT2D eigenvalue weighted by Gasteiger charge is -2.28. The third kappa shape index (κ3) is 4.69. The molecule has 1 aromatic rings. The number of amides is 1. The van der Waals surface area contributed by atoms with Crippen LogP contribution < -0.4 is 5.32 Å². The average molecular weight is 348 g/mol. The van der Waals surface area contributed by atoms with Gasteiger partial charge in [-0.25, -0.2) is 8.42 Å². The Balaban J connectivity index is 2.93. The van der Waals surface area contributed by atoms with Crippen LogP contribution in [-0.4, -0.2) is 37.0 Å². The van der Waals surface area contributed by atoms with Crippen LogP contribution in [0.2, 0.25) is 5.02 Å². The van der Waals surface area contributed by atoms with Crippen LogP contribution in [0.5, 0.6) is 0 Å². The monoisotopic (exact) mass is 347 g/mol. The molecule has 1 amide bonds. The van der Waals surface area contributed by atoms with Crippen LogP contribution in [0.1, 0.15) is 32.8 Å². The van der Waals surface area contributed by atoms with Gasteiger partial charge in [0.05, 0.1) is 5.75 Å². The minimum atomic E-state index is -3.21. The summed E-state index contributed by atoms with van der Waals surface area (Å²) in [6.07, 6.45) is 0.145. The number of hydrogen-bond donors (Lipinski definition) is 2. The molecule has 2 atom stereocenters. The zero-order chi connectivity index (χ0) is 17.0. The average Bonchev–Trinajstić information content (AvgIpc) is 2.45. The van der Waals surface area contributed by atoms with Crippen LogP contribution in [0.4, 0.5) is 0 Å². The predicted molar refractivity (Wildman–Crippen MR) is 87.6 cm³/mol. The van der Waals surface area contributed by atoms with Crippen molar-refractivity contribution in [1.82, 2.24) is 5.32 Å². The number of rotatable bonds is 7. The Morgan fingerprint density at radius 3 is 2.55 bits per heavy atom. The van der Waals surface area contributed by atoms with Crippen molar-refractivity contribution in [2.75, 3.05) is 11.5 Å². The topological polar surface area (TPSA) is 83.5 Å². The number of sulfone groups is 1. The number of carbonyl (C=O) groups excluding carboxylic acids is 1. The summed E-state index contributed by atoms with van der Waals surface area (Å²) in [5.41, 5.74) is -1.36. The first-order chi connectivity index (χ1) is 10.1. The van der Waals surface area contributed by atoms with E-state index in [1.54, 1.807) is 39.0 Å². The fraction of sp³-hybridized carbons (Fsp3) is 0.533. The molecule has 0 spiro atoms. The molecule has 124 valence electrons. The molecule has 2 N–H and O–H groups in total. The highest BCUT2D eigenvalue weighted by atomic mass is 35.5. The second-order valence-corrected chi connectivity index (χ2v) is 8.13. The standard InChI is InChI=1S/C15H22ClNO4S/c1-4-15(19,12-7-6-8-13(16)9-12)14(18)17-11(3)10-22(20,21)5-2/h6-9,11,19H,4-5,10H2,1-3H3,(H,17,18). The molecular weight excluding hydrogens is 326 g/mol. The summed E-state index contributed by atoms with van der Waals surface area (Å²) in [6, 6.07) is 5.85. The lowest BCUT2D eigenvalue weighted by molar-refractivity contribution is -0.141. The van der Waals surface area contributed by atoms with Crippen molar-refractivity contribution in [3.8, 4) is 0 Å². The van der Waals surface area contributed by atoms with E-state index in [-0.39, 0.29) is 17.9 Å². The molecule has 0 aliphatic heterocycles. The number of aliphatic hydroxyl groups is 1. The molecule has 0 aliphatic carbocycles. The molecule has 0 heterocycles. The maximum absolute atomic E-state index is 12.4. The van der Waals surface area contributed by atoms with E-state index in [4.69, 9.17) is 11.6 Å². The van der Waals surface area contributed by atoms with Gasteiger partial charge in [-0.1, -0.05) is 37.6 Å². The Bertz CT molecular complexity index is 632. The van der Waals surface area contributed by atoms with Crippen LogP contribution in [-0.2, 0) is 20.2 Å². The second kappa shape index (κ2) is 7.44. The van der Waals surface area contributed by atoms with Crippen molar-refractivity contribution in [2.45, 2.75) is 38.8 Å². The molecule has 0 bridgehead atoms. The van der Waals surface area contributed by atoms with E-state index in [9.17, 15) is 18.3 Å². The van der Waals surface area contributed by atoms with Gasteiger partial charge in [0.1, 0.15) is 0 Å². The van der Waals surface area contributed by atoms with Crippen molar-refractivity contribution >= 4 is 27.3 Å². The number of halogens is 1. The van der Waals surface area contributed by atoms with Gasteiger partial charge in [0.2, 0.25) is 0 Å². The van der Waals surface area contributed by atoms with Gasteiger partial charge in [0, 0.05) is 16.8 Å². The summed E-state index contributed by atoms with van der Waals surface area (Å²) >= 11 is 5.90. The second-order valence-electron chi connectivity index (χ2n) is 5.30. The summed E-state index contributed by atoms with van der Waals surface area (Å²) in [5.74, 6) is -0.777. The molecule has 0 saturated heterocycles. The Labute approximate surface area is 136 Å². The van der Waals surface area contributed by atoms with E-state index in [1.807, 2.05) is 0 Å². The largest absolute Gasteiger partial charge is 0.375 e. The van der Waals surface area contributed by atoms with Gasteiger partial charge in [-0.2, -0.15) is 0 Å². The molecule has 7 heteroatoms. The van der Waals surface area contributed by atoms with E-state index in [0.29, 0.717) is 10.6 Å². The van der Waals surface area contributed by atoms with Crippen molar-refractivity contribution in [3.05, 3.63) is 34.9 Å². The molecule has 0 aromatic heterocycles. The summed E-state index contributed by atoms with van der Waals surface area (Å²) in [5, 5.41) is 13.7. The van der Waals surface area contributed by atoms with Crippen LogP contribution in [0.25, 0.3) is 0 Å². The highest BCUT2D eigenvalue weighted by Crippen LogP contribution is 2.27. The fourth-order valence-electron chi connectivity index (χ4n) is 2.13. The van der Waals surface area contributed by atoms with Gasteiger partial charge >= 0.3 is 0 Å². The Hall–Kier alpha value is -1.11. The summed E-state index contributed by atoms with van der Waals surface area (Å²) in [6.45, 7) is 4.82. The van der Waals surface area contributed by atoms with Crippen molar-refractivity contribution < 1.29 is 18.3 Å². The highest BCUT2D eigenvalue weighted by molar-refractivity contribution is 7.91. The van der Waals surface area contributed by atoms with Gasteiger partial charge in [-0.3, -0.25) is 4.79 Å². The highest BCUT2D eigenvalue weighted by Gasteiger charge is 2.37. The maximum Gasteiger partial charge on any atom is 0.256 e. The first kappa shape index (κ1) is 18.9. The normalized spacial score (nSPS) is 15.9. The number of nitrogens with one attached hydrogen (secondary N) is 1. The molecule has 0 fully saturated rings. The van der Waals surface area contributed by atoms with Gasteiger partial charge < -0.3 is 10.4 Å². The van der Waals surface area contributed by atoms with E-state index in [2.05, 4.69) is 5.32 Å². The number of hydrogen-bond acceptors (Lipinski definition) is 4. The third-order valence-electron chi connectivity index (χ3n) is 3.51. The molecule has 5 nitrogen and oxygen atoms in total. The van der Waals surface area contributed by atoms with Crippen LogP contribution in [0.3, 0.4) is 0 Å². The van der Waals surface area contributed by atoms with Crippen LogP contribution in [0, 0.1) is 0 Å². The van der Waals surface area contributed by atoms with E-state index in [1.165, 1.54) is 6.07 Å². The van der Waals surface area contributed by atoms with Crippen LogP contribution in [0.15, 0.2) is 24.3 Å². The molecule has 1 aromatic carbocycles. The first-order valence-corrected chi connectivity index (χ1v) is 9.34. The SMILES string of the molecule is CCC(O)(C(=O)NC(C)CS(=O)(=O)CC)c1cccc(Cl)c1.